The van der Waals surface area contributed by atoms with Gasteiger partial charge in [0.1, 0.15) is 0 Å². The van der Waals surface area contributed by atoms with E-state index in [2.05, 4.69) is 0 Å². The Hall–Kier alpha value is -0.610. The average molecular weight is 230 g/mol. The maximum atomic E-state index is 11.9. The van der Waals surface area contributed by atoms with Crippen LogP contribution in [0.2, 0.25) is 0 Å². The highest BCUT2D eigenvalue weighted by molar-refractivity contribution is 5.76. The number of nitrogens with two attached hydrogens (primary N) is 1. The van der Waals surface area contributed by atoms with Crippen molar-refractivity contribution in [3.05, 3.63) is 0 Å². The predicted octanol–water partition coefficient (Wildman–Crippen LogP) is 0.981. The topological polar surface area (TPSA) is 66.6 Å². The van der Waals surface area contributed by atoms with Crippen LogP contribution in [0.5, 0.6) is 0 Å². The number of amides is 1. The van der Waals surface area contributed by atoms with Gasteiger partial charge in [-0.25, -0.2) is 0 Å². The van der Waals surface area contributed by atoms with Crippen molar-refractivity contribution < 1.29 is 9.90 Å². The van der Waals surface area contributed by atoms with Crippen molar-refractivity contribution in [2.75, 3.05) is 19.7 Å². The number of nitrogens with zero attached hydrogens (tertiary/aromatic N) is 1. The van der Waals surface area contributed by atoms with E-state index in [4.69, 9.17) is 10.8 Å². The van der Waals surface area contributed by atoms with E-state index in [0.29, 0.717) is 19.5 Å². The zero-order chi connectivity index (χ0) is 12.8. The molecule has 0 spiro atoms. The first-order valence-corrected chi connectivity index (χ1v) is 5.97. The molecule has 0 aromatic carbocycles. The summed E-state index contributed by atoms with van der Waals surface area (Å²) >= 11 is 0. The number of rotatable bonds is 6. The molecule has 16 heavy (non-hydrogen) atoms. The summed E-state index contributed by atoms with van der Waals surface area (Å²) < 4.78 is 0. The number of carbonyl (C=O) groups is 1. The van der Waals surface area contributed by atoms with Gasteiger partial charge in [0.15, 0.2) is 0 Å². The molecule has 0 heterocycles. The molecule has 0 aromatic rings. The highest BCUT2D eigenvalue weighted by Crippen LogP contribution is 2.20. The third-order valence-electron chi connectivity index (χ3n) is 2.72. The summed E-state index contributed by atoms with van der Waals surface area (Å²) in [6.07, 6.45) is 1.25. The van der Waals surface area contributed by atoms with Crippen molar-refractivity contribution in [3.63, 3.8) is 0 Å². The van der Waals surface area contributed by atoms with Crippen LogP contribution in [0.25, 0.3) is 0 Å². The number of hydrogen-bond donors (Lipinski definition) is 2. The van der Waals surface area contributed by atoms with Gasteiger partial charge in [-0.3, -0.25) is 4.79 Å². The number of hydrogen-bond acceptors (Lipinski definition) is 3. The van der Waals surface area contributed by atoms with E-state index >= 15 is 0 Å². The number of carbonyl (C=O) groups excluding carboxylic acids is 1. The highest BCUT2D eigenvalue weighted by atomic mass is 16.3. The standard InChI is InChI=1S/C12H26N2O2/c1-5-6-14(7-8-15)11(16)9-10(13)12(2,3)4/h10,15H,5-9,13H2,1-4H3. The van der Waals surface area contributed by atoms with Crippen molar-refractivity contribution in [1.82, 2.24) is 4.90 Å². The van der Waals surface area contributed by atoms with E-state index < -0.39 is 0 Å². The van der Waals surface area contributed by atoms with Crippen LogP contribution >= 0.6 is 0 Å². The van der Waals surface area contributed by atoms with Gasteiger partial charge >= 0.3 is 0 Å². The van der Waals surface area contributed by atoms with Crippen molar-refractivity contribution in [1.29, 1.82) is 0 Å². The Labute approximate surface area is 98.8 Å². The molecule has 0 rings (SSSR count). The van der Waals surface area contributed by atoms with E-state index in [1.807, 2.05) is 27.7 Å². The smallest absolute Gasteiger partial charge is 0.224 e. The third kappa shape index (κ3) is 5.47. The normalized spacial score (nSPS) is 13.6. The van der Waals surface area contributed by atoms with Gasteiger partial charge < -0.3 is 15.7 Å². The SMILES string of the molecule is CCCN(CCO)C(=O)CC(N)C(C)(C)C. The fraction of sp³-hybridized carbons (Fsp3) is 0.917. The molecule has 0 aliphatic heterocycles. The summed E-state index contributed by atoms with van der Waals surface area (Å²) in [7, 11) is 0. The molecule has 0 aromatic heterocycles. The van der Waals surface area contributed by atoms with Gasteiger partial charge in [0.25, 0.3) is 0 Å². The van der Waals surface area contributed by atoms with Crippen molar-refractivity contribution in [2.45, 2.75) is 46.6 Å². The lowest BCUT2D eigenvalue weighted by molar-refractivity contribution is -0.132. The Kier molecular flexibility index (Phi) is 6.60. The second kappa shape index (κ2) is 6.86. The molecule has 3 N–H and O–H groups in total. The maximum absolute atomic E-state index is 11.9. The Morgan fingerprint density at radius 3 is 2.31 bits per heavy atom. The van der Waals surface area contributed by atoms with E-state index in [-0.39, 0.29) is 24.0 Å². The second-order valence-electron chi connectivity index (χ2n) is 5.28. The Morgan fingerprint density at radius 1 is 1.38 bits per heavy atom. The number of aliphatic hydroxyl groups excluding tert-OH is 1. The third-order valence-corrected chi connectivity index (χ3v) is 2.72. The Bertz CT molecular complexity index is 206. The lowest BCUT2D eigenvalue weighted by atomic mass is 9.85. The van der Waals surface area contributed by atoms with E-state index in [1.165, 1.54) is 0 Å². The Balaban J connectivity index is 4.29. The van der Waals surface area contributed by atoms with Gasteiger partial charge in [-0.05, 0) is 11.8 Å². The zero-order valence-electron chi connectivity index (χ0n) is 11.0. The molecule has 1 unspecified atom stereocenters. The highest BCUT2D eigenvalue weighted by Gasteiger charge is 2.25. The van der Waals surface area contributed by atoms with Gasteiger partial charge in [-0.15, -0.1) is 0 Å². The molecule has 0 saturated carbocycles. The Morgan fingerprint density at radius 2 is 1.94 bits per heavy atom. The summed E-state index contributed by atoms with van der Waals surface area (Å²) in [5, 5.41) is 8.88. The fourth-order valence-corrected chi connectivity index (χ4v) is 1.38. The lowest BCUT2D eigenvalue weighted by Crippen LogP contribution is -2.42. The van der Waals surface area contributed by atoms with E-state index in [1.54, 1.807) is 4.90 Å². The van der Waals surface area contributed by atoms with E-state index in [9.17, 15) is 4.79 Å². The van der Waals surface area contributed by atoms with Gasteiger partial charge in [0.2, 0.25) is 5.91 Å². The summed E-state index contributed by atoms with van der Waals surface area (Å²) in [5.41, 5.74) is 5.91. The monoisotopic (exact) mass is 230 g/mol. The summed E-state index contributed by atoms with van der Waals surface area (Å²) in [4.78, 5) is 13.6. The van der Waals surface area contributed by atoms with E-state index in [0.717, 1.165) is 6.42 Å². The molecule has 4 heteroatoms. The van der Waals surface area contributed by atoms with Crippen LogP contribution in [-0.4, -0.2) is 41.7 Å². The molecule has 1 atom stereocenters. The first-order valence-electron chi connectivity index (χ1n) is 5.97. The lowest BCUT2D eigenvalue weighted by Gasteiger charge is -2.29. The van der Waals surface area contributed by atoms with Gasteiger partial charge in [-0.1, -0.05) is 27.7 Å². The molecule has 0 bridgehead atoms. The van der Waals surface area contributed by atoms with Crippen LogP contribution in [0.4, 0.5) is 0 Å². The van der Waals surface area contributed by atoms with Crippen LogP contribution in [0, 0.1) is 5.41 Å². The quantitative estimate of drug-likeness (QED) is 0.715. The first-order chi connectivity index (χ1) is 7.32. The molecule has 96 valence electrons. The zero-order valence-corrected chi connectivity index (χ0v) is 11.0. The predicted molar refractivity (Wildman–Crippen MR) is 66.0 cm³/mol. The molecule has 0 aliphatic rings. The van der Waals surface area contributed by atoms with Gasteiger partial charge in [0.05, 0.1) is 6.61 Å². The summed E-state index contributed by atoms with van der Waals surface area (Å²) in [6.45, 7) is 9.21. The van der Waals surface area contributed by atoms with Crippen molar-refractivity contribution >= 4 is 5.91 Å². The minimum atomic E-state index is -0.141. The van der Waals surface area contributed by atoms with Gasteiger partial charge in [0, 0.05) is 25.6 Å². The molecular weight excluding hydrogens is 204 g/mol. The minimum Gasteiger partial charge on any atom is -0.395 e. The molecule has 0 saturated heterocycles. The fourth-order valence-electron chi connectivity index (χ4n) is 1.38. The largest absolute Gasteiger partial charge is 0.395 e. The second-order valence-corrected chi connectivity index (χ2v) is 5.28. The summed E-state index contributed by atoms with van der Waals surface area (Å²) in [6, 6.07) is -0.141. The molecular formula is C12H26N2O2. The molecule has 0 aliphatic carbocycles. The molecule has 0 radical (unpaired) electrons. The first kappa shape index (κ1) is 15.4. The molecule has 0 fully saturated rings. The van der Waals surface area contributed by atoms with Crippen LogP contribution in [-0.2, 0) is 4.79 Å². The van der Waals surface area contributed by atoms with Crippen LogP contribution in [0.3, 0.4) is 0 Å². The van der Waals surface area contributed by atoms with Crippen molar-refractivity contribution in [2.24, 2.45) is 11.1 Å². The number of aliphatic hydroxyl groups is 1. The van der Waals surface area contributed by atoms with Crippen LogP contribution < -0.4 is 5.73 Å². The maximum Gasteiger partial charge on any atom is 0.224 e. The summed E-state index contributed by atoms with van der Waals surface area (Å²) in [5.74, 6) is 0.0401. The average Bonchev–Trinajstić information content (AvgIpc) is 2.15. The van der Waals surface area contributed by atoms with Crippen LogP contribution in [0.15, 0.2) is 0 Å². The molecule has 4 nitrogen and oxygen atoms in total. The van der Waals surface area contributed by atoms with Crippen molar-refractivity contribution in [3.8, 4) is 0 Å². The minimum absolute atomic E-state index is 0.0104. The van der Waals surface area contributed by atoms with Gasteiger partial charge in [-0.2, -0.15) is 0 Å². The molecule has 1 amide bonds. The van der Waals surface area contributed by atoms with Crippen LogP contribution in [0.1, 0.15) is 40.5 Å².